The third-order valence-corrected chi connectivity index (χ3v) is 20.6. The van der Waals surface area contributed by atoms with E-state index in [1.54, 1.807) is 0 Å². The van der Waals surface area contributed by atoms with E-state index in [1.165, 1.54) is 215 Å². The van der Waals surface area contributed by atoms with Crippen LogP contribution in [-0.4, -0.2) is 52.9 Å². The molecule has 0 saturated heterocycles. The Morgan fingerprint density at radius 3 is 0.935 bits per heavy atom. The quantitative estimate of drug-likeness (QED) is 0.0354. The maximum Gasteiger partial charge on any atom is 0.130 e. The third kappa shape index (κ3) is 18.4. The molecule has 504 valence electrons. The minimum absolute atomic E-state index is 0.0635. The Hall–Kier alpha value is -5.76. The molecule has 0 saturated carbocycles. The van der Waals surface area contributed by atoms with Crippen LogP contribution < -0.4 is 37.9 Å². The summed E-state index contributed by atoms with van der Waals surface area (Å²) in [6, 6.07) is 2.55. The summed E-state index contributed by atoms with van der Waals surface area (Å²) in [4.78, 5) is 0. The van der Waals surface area contributed by atoms with Gasteiger partial charge in [0.05, 0.1) is 0 Å². The molecular formula is C84H120O8. The predicted octanol–water partition coefficient (Wildman–Crippen LogP) is 22.5. The molecule has 8 nitrogen and oxygen atoms in total. The Balaban J connectivity index is 1.43. The van der Waals surface area contributed by atoms with Gasteiger partial charge in [-0.1, -0.05) is 188 Å². The van der Waals surface area contributed by atoms with Crippen LogP contribution in [0.5, 0.6) is 46.0 Å². The molecule has 0 spiro atoms. The standard InChI is InChI=1S/C84H120O8/c1-9-13-17-21-25-29-33-45-66-70-57-65-58-71-68(47-35-31-27-23-19-15-11-3)76-69(48-36-32-28-24-20-16-12-4)75-60-74-67(46-34-30-26-22-18-14-10-2)73-59-72(66)80-62(6)79(70)87-51-38-37-49-85-77(65)61(5)78(71)86-50-43-44-56-92-84(76)64(8)83(75)91-55-42-41-54-90-82(74)63(7)81(73)89-53-40-39-52-88-80/h37-44,58,68H,9-36,45-57,59-60H2,1-8H3/b38-37-,40-39-,42-41-,44-43-. The number of hydrogen-bond acceptors (Lipinski definition) is 8. The SMILES string of the molecule is CCCCCCCCCc1c2c3c(C)c4c1Cc1c(CCCCCCCCC)c5c(c(C)c1OC/C=C\CO4)OC/C=C\COc1c(C)c4c(c(CCCCCCCCC)c1C5)C(CCCCCCCCC)c1cc(c(c(C)c1OC/C=C\CO4)OC/C=C\CO3)C2. The van der Waals surface area contributed by atoms with Gasteiger partial charge in [-0.05, 0) is 150 Å². The van der Waals surface area contributed by atoms with E-state index in [1.807, 2.05) is 0 Å². The lowest BCUT2D eigenvalue weighted by Gasteiger charge is -2.33. The van der Waals surface area contributed by atoms with Crippen molar-refractivity contribution in [2.75, 3.05) is 52.9 Å². The minimum Gasteiger partial charge on any atom is -0.489 e. The second-order valence-corrected chi connectivity index (χ2v) is 27.5. The van der Waals surface area contributed by atoms with Gasteiger partial charge in [0.15, 0.2) is 0 Å². The van der Waals surface area contributed by atoms with Crippen LogP contribution in [0, 0.1) is 27.7 Å². The first-order valence-electron chi connectivity index (χ1n) is 37.6. The third-order valence-electron chi connectivity index (χ3n) is 20.6. The Kier molecular flexibility index (Phi) is 29.1. The van der Waals surface area contributed by atoms with Crippen LogP contribution in [0.3, 0.4) is 0 Å². The Bertz CT molecular complexity index is 3100. The van der Waals surface area contributed by atoms with Crippen molar-refractivity contribution in [3.8, 4) is 46.0 Å². The maximum atomic E-state index is 7.44. The molecule has 5 aliphatic rings. The average Bonchev–Trinajstić information content (AvgIpc) is 0.898. The molecule has 9 rings (SSSR count). The van der Waals surface area contributed by atoms with Gasteiger partial charge in [0.1, 0.15) is 98.9 Å². The molecule has 0 amide bonds. The van der Waals surface area contributed by atoms with Gasteiger partial charge in [0.2, 0.25) is 0 Å². The topological polar surface area (TPSA) is 73.8 Å². The summed E-state index contributed by atoms with van der Waals surface area (Å²) in [5, 5.41) is 0. The molecule has 1 atom stereocenters. The molecule has 8 heteroatoms. The summed E-state index contributed by atoms with van der Waals surface area (Å²) >= 11 is 0. The van der Waals surface area contributed by atoms with Gasteiger partial charge in [0, 0.05) is 86.4 Å². The molecule has 1 aliphatic carbocycles. The van der Waals surface area contributed by atoms with E-state index < -0.39 is 0 Å². The normalized spacial score (nSPS) is 17.2. The average molecular weight is 1260 g/mol. The highest BCUT2D eigenvalue weighted by Gasteiger charge is 2.37. The monoisotopic (exact) mass is 1260 g/mol. The molecular weight excluding hydrogens is 1140 g/mol. The molecule has 4 aromatic carbocycles. The molecule has 4 aromatic rings. The van der Waals surface area contributed by atoms with E-state index in [-0.39, 0.29) is 5.92 Å². The van der Waals surface area contributed by atoms with Crippen LogP contribution in [0.15, 0.2) is 54.7 Å². The summed E-state index contributed by atoms with van der Waals surface area (Å²) in [7, 11) is 0. The van der Waals surface area contributed by atoms with Gasteiger partial charge in [-0.25, -0.2) is 0 Å². The van der Waals surface area contributed by atoms with Gasteiger partial charge >= 0.3 is 0 Å². The highest BCUT2D eigenvalue weighted by atomic mass is 16.5. The lowest BCUT2D eigenvalue weighted by Crippen LogP contribution is -2.18. The molecule has 0 aromatic heterocycles. The van der Waals surface area contributed by atoms with E-state index in [0.717, 1.165) is 120 Å². The molecule has 8 bridgehead atoms. The van der Waals surface area contributed by atoms with E-state index >= 15 is 0 Å². The van der Waals surface area contributed by atoms with Crippen molar-refractivity contribution < 1.29 is 37.9 Å². The number of benzene rings is 4. The van der Waals surface area contributed by atoms with Crippen molar-refractivity contribution >= 4 is 0 Å². The van der Waals surface area contributed by atoms with Crippen molar-refractivity contribution in [3.63, 3.8) is 0 Å². The van der Waals surface area contributed by atoms with E-state index in [4.69, 9.17) is 37.9 Å². The van der Waals surface area contributed by atoms with Gasteiger partial charge in [0.25, 0.3) is 0 Å². The second kappa shape index (κ2) is 38.0. The zero-order valence-electron chi connectivity index (χ0n) is 58.9. The Morgan fingerprint density at radius 2 is 0.554 bits per heavy atom. The second-order valence-electron chi connectivity index (χ2n) is 27.5. The fraction of sp³-hybridized carbons (Fsp3) is 0.619. The fourth-order valence-electron chi connectivity index (χ4n) is 15.7. The van der Waals surface area contributed by atoms with Crippen molar-refractivity contribution in [1.82, 2.24) is 0 Å². The van der Waals surface area contributed by atoms with Crippen LogP contribution in [0.25, 0.3) is 0 Å². The highest BCUT2D eigenvalue weighted by Crippen LogP contribution is 2.54. The smallest absolute Gasteiger partial charge is 0.130 e. The Labute approximate surface area is 558 Å². The zero-order valence-corrected chi connectivity index (χ0v) is 58.9. The summed E-state index contributed by atoms with van der Waals surface area (Å²) < 4.78 is 58.6. The number of ether oxygens (including phenoxy) is 8. The molecule has 92 heavy (non-hydrogen) atoms. The molecule has 1 unspecified atom stereocenters. The van der Waals surface area contributed by atoms with E-state index in [2.05, 4.69) is 110 Å². The number of unbranched alkanes of at least 4 members (excludes halogenated alkanes) is 24. The first kappa shape index (κ1) is 70.6. The molecule has 4 heterocycles. The zero-order chi connectivity index (χ0) is 64.3. The van der Waals surface area contributed by atoms with Gasteiger partial charge < -0.3 is 37.9 Å². The predicted molar refractivity (Wildman–Crippen MR) is 383 cm³/mol. The Morgan fingerprint density at radius 1 is 0.283 bits per heavy atom. The summed E-state index contributed by atoms with van der Waals surface area (Å²) in [6.07, 6.45) is 57.2. The van der Waals surface area contributed by atoms with Crippen LogP contribution in [0.2, 0.25) is 0 Å². The first-order valence-corrected chi connectivity index (χ1v) is 37.6. The van der Waals surface area contributed by atoms with Crippen LogP contribution in [-0.2, 0) is 38.5 Å². The summed E-state index contributed by atoms with van der Waals surface area (Å²) in [6.45, 7) is 21.9. The van der Waals surface area contributed by atoms with Crippen molar-refractivity contribution in [2.45, 2.75) is 286 Å². The largest absolute Gasteiger partial charge is 0.489 e. The number of hydrogen-bond donors (Lipinski definition) is 0. The lowest BCUT2D eigenvalue weighted by atomic mass is 9.76. The first-order chi connectivity index (χ1) is 45.3. The highest BCUT2D eigenvalue weighted by molar-refractivity contribution is 5.70. The minimum atomic E-state index is -0.0635. The van der Waals surface area contributed by atoms with Gasteiger partial charge in [-0.2, -0.15) is 0 Å². The van der Waals surface area contributed by atoms with Crippen LogP contribution in [0.4, 0.5) is 0 Å². The van der Waals surface area contributed by atoms with Crippen LogP contribution in [0.1, 0.15) is 303 Å². The van der Waals surface area contributed by atoms with Crippen molar-refractivity contribution in [1.29, 1.82) is 0 Å². The molecule has 0 fully saturated rings. The fourth-order valence-corrected chi connectivity index (χ4v) is 15.7. The van der Waals surface area contributed by atoms with Gasteiger partial charge in [-0.15, -0.1) is 0 Å². The molecule has 0 radical (unpaired) electrons. The van der Waals surface area contributed by atoms with E-state index in [0.29, 0.717) is 72.1 Å². The lowest BCUT2D eigenvalue weighted by molar-refractivity contribution is 0.329. The van der Waals surface area contributed by atoms with Gasteiger partial charge in [-0.3, -0.25) is 0 Å². The maximum absolute atomic E-state index is 7.44. The van der Waals surface area contributed by atoms with Crippen molar-refractivity contribution in [2.24, 2.45) is 0 Å². The summed E-state index contributed by atoms with van der Waals surface area (Å²) in [5.41, 5.74) is 18.4. The molecule has 4 aliphatic heterocycles. The number of rotatable bonds is 32. The molecule has 0 N–H and O–H groups in total. The van der Waals surface area contributed by atoms with E-state index in [9.17, 15) is 0 Å². The van der Waals surface area contributed by atoms with Crippen LogP contribution >= 0.6 is 0 Å². The summed E-state index contributed by atoms with van der Waals surface area (Å²) in [5.74, 6) is 7.54. The van der Waals surface area contributed by atoms with Crippen molar-refractivity contribution in [3.05, 3.63) is 138 Å².